The number of rotatable bonds is 6. The molecule has 0 spiro atoms. The third kappa shape index (κ3) is 4.36. The first kappa shape index (κ1) is 20.4. The molecular formula is C26H22O5. The zero-order valence-electron chi connectivity index (χ0n) is 17.4. The fourth-order valence-electron chi connectivity index (χ4n) is 3.53. The van der Waals surface area contributed by atoms with Gasteiger partial charge in [-0.25, -0.2) is 4.79 Å². The van der Waals surface area contributed by atoms with E-state index in [0.717, 1.165) is 11.1 Å². The van der Waals surface area contributed by atoms with Crippen molar-refractivity contribution in [3.63, 3.8) is 0 Å². The van der Waals surface area contributed by atoms with Crippen LogP contribution in [0.15, 0.2) is 78.4 Å². The van der Waals surface area contributed by atoms with Crippen molar-refractivity contribution in [2.75, 3.05) is 13.9 Å². The van der Waals surface area contributed by atoms with E-state index in [1.165, 1.54) is 7.11 Å². The molecule has 1 aliphatic rings. The minimum absolute atomic E-state index is 0.120. The van der Waals surface area contributed by atoms with E-state index in [-0.39, 0.29) is 24.6 Å². The molecule has 0 amide bonds. The molecule has 0 N–H and O–H groups in total. The Bertz CT molecular complexity index is 1140. The van der Waals surface area contributed by atoms with Gasteiger partial charge in [0.15, 0.2) is 17.3 Å². The van der Waals surface area contributed by atoms with E-state index in [1.807, 2.05) is 49.4 Å². The molecule has 0 radical (unpaired) electrons. The number of carbonyl (C=O) groups is 2. The van der Waals surface area contributed by atoms with Crippen LogP contribution >= 0.6 is 0 Å². The van der Waals surface area contributed by atoms with Crippen molar-refractivity contribution in [2.45, 2.75) is 13.3 Å². The highest BCUT2D eigenvalue weighted by Gasteiger charge is 2.26. The summed E-state index contributed by atoms with van der Waals surface area (Å²) >= 11 is 0. The molecule has 5 nitrogen and oxygen atoms in total. The van der Waals surface area contributed by atoms with Crippen molar-refractivity contribution in [2.24, 2.45) is 0 Å². The van der Waals surface area contributed by atoms with E-state index in [9.17, 15) is 9.59 Å². The van der Waals surface area contributed by atoms with Gasteiger partial charge in [-0.3, -0.25) is 4.79 Å². The van der Waals surface area contributed by atoms with Crippen molar-refractivity contribution in [1.82, 2.24) is 0 Å². The summed E-state index contributed by atoms with van der Waals surface area (Å²) < 4.78 is 15.9. The number of Topliss-reactive ketones (excluding diaryl/α,β-unsaturated/α-hetero) is 1. The zero-order chi connectivity index (χ0) is 21.8. The first-order chi connectivity index (χ1) is 15.1. The Morgan fingerprint density at radius 3 is 2.26 bits per heavy atom. The summed E-state index contributed by atoms with van der Waals surface area (Å²) in [4.78, 5) is 26.5. The van der Waals surface area contributed by atoms with Gasteiger partial charge in [-0.05, 0) is 30.2 Å². The number of ether oxygens (including phenoxy) is 3. The second-order valence-electron chi connectivity index (χ2n) is 7.27. The fraction of sp³-hybridized carbons (Fsp3) is 0.154. The van der Waals surface area contributed by atoms with Crippen molar-refractivity contribution in [1.29, 1.82) is 0 Å². The van der Waals surface area contributed by atoms with Gasteiger partial charge in [0, 0.05) is 17.6 Å². The Morgan fingerprint density at radius 1 is 0.871 bits per heavy atom. The number of carbonyl (C=O) groups excluding carboxylic acids is 2. The van der Waals surface area contributed by atoms with Crippen molar-refractivity contribution in [3.05, 3.63) is 101 Å². The van der Waals surface area contributed by atoms with Crippen LogP contribution in [0.2, 0.25) is 0 Å². The van der Waals surface area contributed by atoms with Crippen LogP contribution in [0.1, 0.15) is 27.0 Å². The third-order valence-electron chi connectivity index (χ3n) is 5.16. The Labute approximate surface area is 180 Å². The van der Waals surface area contributed by atoms with Gasteiger partial charge in [0.05, 0.1) is 12.7 Å². The molecule has 3 aromatic rings. The predicted octanol–water partition coefficient (Wildman–Crippen LogP) is 4.78. The number of aryl methyl sites for hydroxylation is 1. The normalized spacial score (nSPS) is 12.8. The van der Waals surface area contributed by atoms with Crippen LogP contribution < -0.4 is 9.47 Å². The number of hydrogen-bond acceptors (Lipinski definition) is 5. The Kier molecular flexibility index (Phi) is 5.85. The average Bonchev–Trinajstić information content (AvgIpc) is 3.27. The van der Waals surface area contributed by atoms with Crippen molar-refractivity contribution < 1.29 is 23.8 Å². The maximum absolute atomic E-state index is 13.6. The lowest BCUT2D eigenvalue weighted by Gasteiger charge is -2.15. The molecule has 0 bridgehead atoms. The Morgan fingerprint density at radius 2 is 1.55 bits per heavy atom. The molecule has 31 heavy (non-hydrogen) atoms. The number of benzene rings is 3. The monoisotopic (exact) mass is 414 g/mol. The summed E-state index contributed by atoms with van der Waals surface area (Å²) in [6, 6.07) is 22.1. The lowest BCUT2D eigenvalue weighted by molar-refractivity contribution is -0.133. The maximum Gasteiger partial charge on any atom is 0.338 e. The Balaban J connectivity index is 1.90. The number of ketones is 1. The summed E-state index contributed by atoms with van der Waals surface area (Å²) in [5.74, 6) is 0.329. The van der Waals surface area contributed by atoms with E-state index in [4.69, 9.17) is 14.2 Å². The molecule has 0 fully saturated rings. The number of allylic oxidation sites excluding steroid dienone is 1. The molecular weight excluding hydrogens is 392 g/mol. The number of hydrogen-bond donors (Lipinski definition) is 0. The van der Waals surface area contributed by atoms with Gasteiger partial charge in [0.25, 0.3) is 0 Å². The molecule has 1 aliphatic heterocycles. The van der Waals surface area contributed by atoms with Gasteiger partial charge in [-0.1, -0.05) is 66.2 Å². The van der Waals surface area contributed by atoms with Gasteiger partial charge in [0.1, 0.15) is 0 Å². The maximum atomic E-state index is 13.6. The first-order valence-corrected chi connectivity index (χ1v) is 9.93. The first-order valence-electron chi connectivity index (χ1n) is 9.93. The van der Waals surface area contributed by atoms with E-state index in [0.29, 0.717) is 28.2 Å². The highest BCUT2D eigenvalue weighted by molar-refractivity contribution is 6.27. The second-order valence-corrected chi connectivity index (χ2v) is 7.27. The predicted molar refractivity (Wildman–Crippen MR) is 117 cm³/mol. The number of methoxy groups -OCH3 is 1. The molecule has 5 heteroatoms. The largest absolute Gasteiger partial charge is 0.465 e. The van der Waals surface area contributed by atoms with Gasteiger partial charge in [-0.15, -0.1) is 0 Å². The third-order valence-corrected chi connectivity index (χ3v) is 5.16. The van der Waals surface area contributed by atoms with E-state index >= 15 is 0 Å². The van der Waals surface area contributed by atoms with E-state index < -0.39 is 5.97 Å². The quantitative estimate of drug-likeness (QED) is 0.330. The molecule has 1 heterocycles. The van der Waals surface area contributed by atoms with Gasteiger partial charge in [-0.2, -0.15) is 0 Å². The molecule has 0 aliphatic carbocycles. The Hall–Kier alpha value is -3.86. The van der Waals surface area contributed by atoms with Gasteiger partial charge < -0.3 is 14.2 Å². The average molecular weight is 414 g/mol. The highest BCUT2D eigenvalue weighted by atomic mass is 16.7. The smallest absolute Gasteiger partial charge is 0.338 e. The molecule has 0 saturated carbocycles. The van der Waals surface area contributed by atoms with Crippen LogP contribution in [-0.2, 0) is 16.0 Å². The fourth-order valence-corrected chi connectivity index (χ4v) is 3.53. The lowest BCUT2D eigenvalue weighted by Crippen LogP contribution is -2.15. The van der Waals surface area contributed by atoms with Crippen LogP contribution in [-0.4, -0.2) is 25.7 Å². The summed E-state index contributed by atoms with van der Waals surface area (Å²) in [6.45, 7) is 2.08. The molecule has 4 rings (SSSR count). The van der Waals surface area contributed by atoms with Crippen LogP contribution in [0.25, 0.3) is 5.57 Å². The second kappa shape index (κ2) is 8.88. The lowest BCUT2D eigenvalue weighted by atomic mass is 9.89. The van der Waals surface area contributed by atoms with Crippen molar-refractivity contribution in [3.8, 4) is 11.5 Å². The zero-order valence-corrected chi connectivity index (χ0v) is 17.4. The minimum atomic E-state index is -0.578. The summed E-state index contributed by atoms with van der Waals surface area (Å²) in [5.41, 5.74) is 3.60. The highest BCUT2D eigenvalue weighted by Crippen LogP contribution is 2.36. The molecule has 0 unspecified atom stereocenters. The SMILES string of the molecule is COC(=O)/C(=C(/Cc1ccccc1)C(=O)c1ccc(C)cc1)c1ccc2c(c1)OCO2. The molecule has 0 aromatic heterocycles. The molecule has 0 saturated heterocycles. The van der Waals surface area contributed by atoms with Crippen molar-refractivity contribution >= 4 is 17.3 Å². The molecule has 156 valence electrons. The van der Waals surface area contributed by atoms with E-state index in [1.54, 1.807) is 30.3 Å². The summed E-state index contributed by atoms with van der Waals surface area (Å²) in [5, 5.41) is 0. The standard InChI is InChI=1S/C26H22O5/c1-17-8-10-19(11-9-17)25(27)21(14-18-6-4-3-5-7-18)24(26(28)29-2)20-12-13-22-23(15-20)31-16-30-22/h3-13,15H,14,16H2,1-2H3/b24-21-. The molecule has 0 atom stereocenters. The van der Waals surface area contributed by atoms with Gasteiger partial charge in [0.2, 0.25) is 6.79 Å². The minimum Gasteiger partial charge on any atom is -0.465 e. The van der Waals surface area contributed by atoms with E-state index in [2.05, 4.69) is 0 Å². The van der Waals surface area contributed by atoms with Crippen LogP contribution in [0, 0.1) is 6.92 Å². The number of esters is 1. The summed E-state index contributed by atoms with van der Waals surface area (Å²) in [6.07, 6.45) is 0.284. The van der Waals surface area contributed by atoms with Gasteiger partial charge >= 0.3 is 5.97 Å². The number of fused-ring (bicyclic) bond motifs is 1. The molecule has 3 aromatic carbocycles. The summed E-state index contributed by atoms with van der Waals surface area (Å²) in [7, 11) is 1.31. The van der Waals surface area contributed by atoms with Crippen LogP contribution in [0.3, 0.4) is 0 Å². The van der Waals surface area contributed by atoms with Crippen LogP contribution in [0.5, 0.6) is 11.5 Å². The van der Waals surface area contributed by atoms with Crippen LogP contribution in [0.4, 0.5) is 0 Å². The topological polar surface area (TPSA) is 61.8 Å².